The zero-order valence-corrected chi connectivity index (χ0v) is 14.7. The molecule has 1 atom stereocenters. The van der Waals surface area contributed by atoms with Gasteiger partial charge in [-0.05, 0) is 37.1 Å². The Bertz CT molecular complexity index is 796. The number of rotatable bonds is 4. The topological polar surface area (TPSA) is 81.1 Å². The number of hydrogen-bond acceptors (Lipinski definition) is 5. The number of nitrogens with two attached hydrogens (primary N) is 2. The van der Waals surface area contributed by atoms with Gasteiger partial charge in [0.15, 0.2) is 5.82 Å². The Morgan fingerprint density at radius 1 is 1.27 bits per heavy atom. The number of nitrogens with zero attached hydrogens (tertiary/aromatic N) is 3. The van der Waals surface area contributed by atoms with Gasteiger partial charge >= 0.3 is 6.18 Å². The summed E-state index contributed by atoms with van der Waals surface area (Å²) in [7, 11) is 0. The summed E-state index contributed by atoms with van der Waals surface area (Å²) in [5, 5.41) is -0.356. The smallest absolute Gasteiger partial charge is 0.356 e. The van der Waals surface area contributed by atoms with Crippen LogP contribution < -0.4 is 16.4 Å². The average molecular weight is 386 g/mol. The first-order valence-electron chi connectivity index (χ1n) is 8.21. The van der Waals surface area contributed by atoms with Crippen molar-refractivity contribution >= 4 is 17.4 Å². The Labute approximate surface area is 154 Å². The molecule has 5 nitrogen and oxygen atoms in total. The highest BCUT2D eigenvalue weighted by Crippen LogP contribution is 2.37. The first-order valence-corrected chi connectivity index (χ1v) is 8.59. The molecule has 0 amide bonds. The molecule has 1 aromatic heterocycles. The lowest BCUT2D eigenvalue weighted by molar-refractivity contribution is -0.137. The van der Waals surface area contributed by atoms with Crippen LogP contribution in [0.25, 0.3) is 11.4 Å². The van der Waals surface area contributed by atoms with E-state index in [1.807, 2.05) is 0 Å². The maximum atomic E-state index is 13.1. The Kier molecular flexibility index (Phi) is 5.36. The third-order valence-corrected chi connectivity index (χ3v) is 4.84. The van der Waals surface area contributed by atoms with E-state index in [-0.39, 0.29) is 23.0 Å². The molecule has 26 heavy (non-hydrogen) atoms. The van der Waals surface area contributed by atoms with Gasteiger partial charge in [-0.3, -0.25) is 0 Å². The first-order chi connectivity index (χ1) is 12.3. The third kappa shape index (κ3) is 3.77. The second kappa shape index (κ2) is 7.38. The minimum atomic E-state index is -4.55. The summed E-state index contributed by atoms with van der Waals surface area (Å²) in [6.45, 7) is 2.35. The van der Waals surface area contributed by atoms with Crippen molar-refractivity contribution in [2.24, 2.45) is 17.4 Å². The molecule has 1 saturated heterocycles. The lowest BCUT2D eigenvalue weighted by Crippen LogP contribution is -2.25. The second-order valence-electron chi connectivity index (χ2n) is 6.28. The third-order valence-electron chi connectivity index (χ3n) is 4.51. The fourth-order valence-electron chi connectivity index (χ4n) is 3.05. The standard InChI is InChI=1S/C17H19ClF3N5/c18-14-2-1-11(5-13(14)17(19,20)21)15-24-8-12(7-23)16(25-15)26-4-3-10(6-22)9-26/h1-2,5,8,10H,3-4,6-7,9,22-23H2. The molecule has 1 fully saturated rings. The Morgan fingerprint density at radius 2 is 2.04 bits per heavy atom. The van der Waals surface area contributed by atoms with Crippen molar-refractivity contribution < 1.29 is 13.2 Å². The van der Waals surface area contributed by atoms with Crippen LogP contribution in [0.2, 0.25) is 5.02 Å². The Balaban J connectivity index is 2.01. The molecule has 4 N–H and O–H groups in total. The molecule has 2 heterocycles. The molecule has 0 bridgehead atoms. The van der Waals surface area contributed by atoms with Gasteiger partial charge in [-0.25, -0.2) is 9.97 Å². The molecule has 0 radical (unpaired) electrons. The highest BCUT2D eigenvalue weighted by molar-refractivity contribution is 6.31. The zero-order valence-electron chi connectivity index (χ0n) is 13.9. The van der Waals surface area contributed by atoms with Crippen LogP contribution in [0.4, 0.5) is 19.0 Å². The molecular formula is C17H19ClF3N5. The van der Waals surface area contributed by atoms with Crippen molar-refractivity contribution in [1.82, 2.24) is 9.97 Å². The first kappa shape index (κ1) is 18.9. The van der Waals surface area contributed by atoms with Crippen LogP contribution in [0.5, 0.6) is 0 Å². The summed E-state index contributed by atoms with van der Waals surface area (Å²) >= 11 is 5.69. The summed E-state index contributed by atoms with van der Waals surface area (Å²) in [4.78, 5) is 10.8. The molecule has 0 saturated carbocycles. The van der Waals surface area contributed by atoms with Crippen LogP contribution in [0.15, 0.2) is 24.4 Å². The van der Waals surface area contributed by atoms with Crippen LogP contribution in [-0.4, -0.2) is 29.6 Å². The van der Waals surface area contributed by atoms with Crippen LogP contribution in [-0.2, 0) is 12.7 Å². The molecule has 1 aliphatic heterocycles. The van der Waals surface area contributed by atoms with E-state index in [2.05, 4.69) is 14.9 Å². The van der Waals surface area contributed by atoms with Gasteiger partial charge in [-0.1, -0.05) is 11.6 Å². The van der Waals surface area contributed by atoms with Crippen molar-refractivity contribution in [3.63, 3.8) is 0 Å². The molecule has 0 aliphatic carbocycles. The lowest BCUT2D eigenvalue weighted by atomic mass is 10.1. The van der Waals surface area contributed by atoms with E-state index in [9.17, 15) is 13.2 Å². The van der Waals surface area contributed by atoms with E-state index in [4.69, 9.17) is 23.1 Å². The number of anilines is 1. The van der Waals surface area contributed by atoms with Gasteiger partial charge in [0.2, 0.25) is 0 Å². The molecule has 140 valence electrons. The van der Waals surface area contributed by atoms with Crippen molar-refractivity contribution in [3.8, 4) is 11.4 Å². The number of alkyl halides is 3. The van der Waals surface area contributed by atoms with Crippen molar-refractivity contribution in [3.05, 3.63) is 40.5 Å². The van der Waals surface area contributed by atoms with Crippen LogP contribution >= 0.6 is 11.6 Å². The molecule has 1 aliphatic rings. The monoisotopic (exact) mass is 385 g/mol. The number of aromatic nitrogens is 2. The van der Waals surface area contributed by atoms with Crippen molar-refractivity contribution in [2.75, 3.05) is 24.5 Å². The summed E-state index contributed by atoms with van der Waals surface area (Å²) in [5.74, 6) is 1.22. The van der Waals surface area contributed by atoms with Gasteiger partial charge in [0.05, 0.1) is 10.6 Å². The van der Waals surface area contributed by atoms with Gasteiger partial charge in [0, 0.05) is 37.0 Å². The van der Waals surface area contributed by atoms with Gasteiger partial charge in [0.25, 0.3) is 0 Å². The summed E-state index contributed by atoms with van der Waals surface area (Å²) in [6.07, 6.45) is -2.04. The number of halogens is 4. The van der Waals surface area contributed by atoms with Gasteiger partial charge in [0.1, 0.15) is 5.82 Å². The van der Waals surface area contributed by atoms with Crippen LogP contribution in [0, 0.1) is 5.92 Å². The summed E-state index contributed by atoms with van der Waals surface area (Å²) in [5.41, 5.74) is 11.6. The zero-order chi connectivity index (χ0) is 18.9. The van der Waals surface area contributed by atoms with Crippen molar-refractivity contribution in [2.45, 2.75) is 19.1 Å². The van der Waals surface area contributed by atoms with Gasteiger partial charge in [-0.15, -0.1) is 0 Å². The number of benzene rings is 1. The Morgan fingerprint density at radius 3 is 2.65 bits per heavy atom. The van der Waals surface area contributed by atoms with E-state index in [0.29, 0.717) is 18.3 Å². The molecule has 3 rings (SSSR count). The highest BCUT2D eigenvalue weighted by atomic mass is 35.5. The fourth-order valence-corrected chi connectivity index (χ4v) is 3.28. The summed E-state index contributed by atoms with van der Waals surface area (Å²) < 4.78 is 39.3. The highest BCUT2D eigenvalue weighted by Gasteiger charge is 2.33. The maximum Gasteiger partial charge on any atom is 0.417 e. The molecule has 1 unspecified atom stereocenters. The van der Waals surface area contributed by atoms with Crippen LogP contribution in [0.3, 0.4) is 0 Å². The van der Waals surface area contributed by atoms with Crippen LogP contribution in [0.1, 0.15) is 17.5 Å². The maximum absolute atomic E-state index is 13.1. The van der Waals surface area contributed by atoms with Gasteiger partial charge in [-0.2, -0.15) is 13.2 Å². The molecule has 2 aromatic rings. The Hall–Kier alpha value is -1.90. The van der Waals surface area contributed by atoms with E-state index in [1.165, 1.54) is 12.1 Å². The summed E-state index contributed by atoms with van der Waals surface area (Å²) in [6, 6.07) is 3.65. The lowest BCUT2D eigenvalue weighted by Gasteiger charge is -2.21. The molecular weight excluding hydrogens is 367 g/mol. The largest absolute Gasteiger partial charge is 0.417 e. The van der Waals surface area contributed by atoms with E-state index >= 15 is 0 Å². The SMILES string of the molecule is NCc1cnc(-c2ccc(Cl)c(C(F)(F)F)c2)nc1N1CCC(CN)C1. The fraction of sp³-hybridized carbons (Fsp3) is 0.412. The quantitative estimate of drug-likeness (QED) is 0.845. The van der Waals surface area contributed by atoms with E-state index in [0.717, 1.165) is 31.1 Å². The molecule has 0 spiro atoms. The van der Waals surface area contributed by atoms with E-state index < -0.39 is 11.7 Å². The minimum absolute atomic E-state index is 0.204. The predicted octanol–water partition coefficient (Wildman–Crippen LogP) is 3.06. The number of hydrogen-bond donors (Lipinski definition) is 2. The van der Waals surface area contributed by atoms with Gasteiger partial charge < -0.3 is 16.4 Å². The minimum Gasteiger partial charge on any atom is -0.356 e. The normalized spacial score (nSPS) is 17.8. The van der Waals surface area contributed by atoms with Crippen molar-refractivity contribution in [1.29, 1.82) is 0 Å². The molecule has 1 aromatic carbocycles. The predicted molar refractivity (Wildman–Crippen MR) is 94.7 cm³/mol. The average Bonchev–Trinajstić information content (AvgIpc) is 3.09. The molecule has 9 heteroatoms. The van der Waals surface area contributed by atoms with E-state index in [1.54, 1.807) is 6.20 Å². The second-order valence-corrected chi connectivity index (χ2v) is 6.68.